The monoisotopic (exact) mass is 272 g/mol. The van der Waals surface area contributed by atoms with Gasteiger partial charge in [-0.05, 0) is 25.3 Å². The van der Waals surface area contributed by atoms with Crippen molar-refractivity contribution in [3.63, 3.8) is 0 Å². The first-order valence-corrected chi connectivity index (χ1v) is 7.41. The third kappa shape index (κ3) is 5.88. The van der Waals surface area contributed by atoms with Crippen LogP contribution >= 0.6 is 0 Å². The smallest absolute Gasteiger partial charge is 0.237 e. The molecule has 0 aliphatic carbocycles. The van der Waals surface area contributed by atoms with Crippen molar-refractivity contribution in [3.8, 4) is 6.07 Å². The number of benzene rings is 1. The van der Waals surface area contributed by atoms with E-state index in [1.54, 1.807) is 0 Å². The lowest BCUT2D eigenvalue weighted by Gasteiger charge is -2.16. The summed E-state index contributed by atoms with van der Waals surface area (Å²) in [5, 5.41) is 12.1. The molecule has 0 aliphatic rings. The lowest BCUT2D eigenvalue weighted by atomic mass is 9.99. The van der Waals surface area contributed by atoms with Crippen LogP contribution in [0.4, 0.5) is 0 Å². The molecule has 2 unspecified atom stereocenters. The van der Waals surface area contributed by atoms with Gasteiger partial charge < -0.3 is 5.32 Å². The lowest BCUT2D eigenvalue weighted by Crippen LogP contribution is -2.37. The Bertz CT molecular complexity index is 436. The standard InChI is InChI=1S/C17H24N2O/c1-3-4-6-9-14(2)19-17(20)16(13-18)12-15-10-7-5-8-11-15/h5,7-8,10-11,14,16H,3-4,6,9,12H2,1-2H3,(H,19,20). The highest BCUT2D eigenvalue weighted by atomic mass is 16.1. The van der Waals surface area contributed by atoms with Crippen molar-refractivity contribution in [2.45, 2.75) is 52.0 Å². The Labute approximate surface area is 122 Å². The molecule has 0 saturated heterocycles. The molecule has 20 heavy (non-hydrogen) atoms. The number of rotatable bonds is 8. The summed E-state index contributed by atoms with van der Waals surface area (Å²) in [6.45, 7) is 4.17. The molecule has 108 valence electrons. The van der Waals surface area contributed by atoms with E-state index in [0.29, 0.717) is 6.42 Å². The molecule has 0 heterocycles. The summed E-state index contributed by atoms with van der Waals surface area (Å²) in [4.78, 5) is 12.1. The third-order valence-electron chi connectivity index (χ3n) is 3.38. The number of unbranched alkanes of at least 4 members (excludes halogenated alkanes) is 2. The van der Waals surface area contributed by atoms with E-state index < -0.39 is 5.92 Å². The summed E-state index contributed by atoms with van der Waals surface area (Å²) in [6.07, 6.45) is 4.93. The number of nitrogens with one attached hydrogen (secondary N) is 1. The Balaban J connectivity index is 2.45. The van der Waals surface area contributed by atoms with Crippen LogP contribution in [-0.4, -0.2) is 11.9 Å². The second kappa shape index (κ2) is 9.14. The van der Waals surface area contributed by atoms with Gasteiger partial charge in [-0.25, -0.2) is 0 Å². The van der Waals surface area contributed by atoms with Crippen molar-refractivity contribution < 1.29 is 4.79 Å². The Kier molecular flexibility index (Phi) is 7.42. The minimum absolute atomic E-state index is 0.140. The van der Waals surface area contributed by atoms with Gasteiger partial charge in [-0.1, -0.05) is 56.5 Å². The molecule has 0 saturated carbocycles. The summed E-state index contributed by atoms with van der Waals surface area (Å²) in [5.74, 6) is -0.758. The largest absolute Gasteiger partial charge is 0.353 e. The maximum atomic E-state index is 12.1. The van der Waals surface area contributed by atoms with E-state index in [2.05, 4.69) is 18.3 Å². The molecule has 1 aromatic rings. The molecule has 0 bridgehead atoms. The lowest BCUT2D eigenvalue weighted by molar-refractivity contribution is -0.124. The van der Waals surface area contributed by atoms with Crippen LogP contribution in [0.3, 0.4) is 0 Å². The van der Waals surface area contributed by atoms with Crippen LogP contribution in [0, 0.1) is 17.2 Å². The van der Waals surface area contributed by atoms with Crippen molar-refractivity contribution in [2.75, 3.05) is 0 Å². The highest BCUT2D eigenvalue weighted by Crippen LogP contribution is 2.10. The predicted molar refractivity (Wildman–Crippen MR) is 81.0 cm³/mol. The third-order valence-corrected chi connectivity index (χ3v) is 3.38. The number of hydrogen-bond donors (Lipinski definition) is 1. The fraction of sp³-hybridized carbons (Fsp3) is 0.529. The van der Waals surface area contributed by atoms with E-state index in [1.165, 1.54) is 12.8 Å². The van der Waals surface area contributed by atoms with Gasteiger partial charge in [0.15, 0.2) is 0 Å². The average molecular weight is 272 g/mol. The van der Waals surface area contributed by atoms with E-state index in [-0.39, 0.29) is 11.9 Å². The Morgan fingerprint density at radius 3 is 2.60 bits per heavy atom. The summed E-state index contributed by atoms with van der Waals surface area (Å²) >= 11 is 0. The number of hydrogen-bond acceptors (Lipinski definition) is 2. The van der Waals surface area contributed by atoms with E-state index in [0.717, 1.165) is 18.4 Å². The zero-order valence-electron chi connectivity index (χ0n) is 12.4. The van der Waals surface area contributed by atoms with Gasteiger partial charge in [0.05, 0.1) is 6.07 Å². The minimum atomic E-state index is -0.606. The number of carbonyl (C=O) groups is 1. The molecule has 0 radical (unpaired) electrons. The van der Waals surface area contributed by atoms with Gasteiger partial charge in [-0.3, -0.25) is 4.79 Å². The normalized spacial score (nSPS) is 13.2. The number of nitrogens with zero attached hydrogens (tertiary/aromatic N) is 1. The van der Waals surface area contributed by atoms with Gasteiger partial charge in [0, 0.05) is 6.04 Å². The summed E-state index contributed by atoms with van der Waals surface area (Å²) in [6, 6.07) is 11.9. The van der Waals surface area contributed by atoms with Gasteiger partial charge in [-0.2, -0.15) is 5.26 Å². The predicted octanol–water partition coefficient (Wildman–Crippen LogP) is 3.45. The van der Waals surface area contributed by atoms with Crippen LogP contribution in [0.2, 0.25) is 0 Å². The van der Waals surface area contributed by atoms with Crippen LogP contribution in [0.5, 0.6) is 0 Å². The van der Waals surface area contributed by atoms with Crippen LogP contribution < -0.4 is 5.32 Å². The Morgan fingerprint density at radius 2 is 2.00 bits per heavy atom. The zero-order chi connectivity index (χ0) is 14.8. The fourth-order valence-electron chi connectivity index (χ4n) is 2.16. The maximum Gasteiger partial charge on any atom is 0.237 e. The van der Waals surface area contributed by atoms with Crippen molar-refractivity contribution in [1.29, 1.82) is 5.26 Å². The Hall–Kier alpha value is -1.82. The molecule has 0 aromatic heterocycles. The molecule has 3 nitrogen and oxygen atoms in total. The number of nitriles is 1. The molecular formula is C17H24N2O. The molecule has 0 spiro atoms. The van der Waals surface area contributed by atoms with E-state index in [1.807, 2.05) is 37.3 Å². The highest BCUT2D eigenvalue weighted by molar-refractivity contribution is 5.81. The molecular weight excluding hydrogens is 248 g/mol. The van der Waals surface area contributed by atoms with Crippen molar-refractivity contribution in [2.24, 2.45) is 5.92 Å². The van der Waals surface area contributed by atoms with E-state index >= 15 is 0 Å². The van der Waals surface area contributed by atoms with Crippen LogP contribution in [0.1, 0.15) is 45.1 Å². The van der Waals surface area contributed by atoms with Crippen molar-refractivity contribution in [1.82, 2.24) is 5.32 Å². The topological polar surface area (TPSA) is 52.9 Å². The summed E-state index contributed by atoms with van der Waals surface area (Å²) in [7, 11) is 0. The number of carbonyl (C=O) groups excluding carboxylic acids is 1. The molecule has 3 heteroatoms. The highest BCUT2D eigenvalue weighted by Gasteiger charge is 2.19. The first-order chi connectivity index (χ1) is 9.67. The fourth-order valence-corrected chi connectivity index (χ4v) is 2.16. The first kappa shape index (κ1) is 16.2. The summed E-state index contributed by atoms with van der Waals surface area (Å²) in [5.41, 5.74) is 1.02. The van der Waals surface area contributed by atoms with Crippen LogP contribution in [0.25, 0.3) is 0 Å². The second-order valence-corrected chi connectivity index (χ2v) is 5.28. The van der Waals surface area contributed by atoms with Gasteiger partial charge in [0.1, 0.15) is 5.92 Å². The average Bonchev–Trinajstić information content (AvgIpc) is 2.46. The molecule has 0 aliphatic heterocycles. The second-order valence-electron chi connectivity index (χ2n) is 5.28. The minimum Gasteiger partial charge on any atom is -0.353 e. The Morgan fingerprint density at radius 1 is 1.30 bits per heavy atom. The SMILES string of the molecule is CCCCCC(C)NC(=O)C(C#N)Cc1ccccc1. The number of amides is 1. The molecule has 2 atom stereocenters. The molecule has 0 fully saturated rings. The van der Waals surface area contributed by atoms with E-state index in [9.17, 15) is 10.1 Å². The maximum absolute atomic E-state index is 12.1. The van der Waals surface area contributed by atoms with Gasteiger partial charge in [0.25, 0.3) is 0 Å². The van der Waals surface area contributed by atoms with E-state index in [4.69, 9.17) is 0 Å². The first-order valence-electron chi connectivity index (χ1n) is 7.41. The van der Waals surface area contributed by atoms with Crippen LogP contribution in [0.15, 0.2) is 30.3 Å². The molecule has 1 aromatic carbocycles. The molecule has 1 amide bonds. The summed E-state index contributed by atoms with van der Waals surface area (Å²) < 4.78 is 0. The zero-order valence-corrected chi connectivity index (χ0v) is 12.4. The van der Waals surface area contributed by atoms with Crippen LogP contribution in [-0.2, 0) is 11.2 Å². The van der Waals surface area contributed by atoms with Crippen molar-refractivity contribution >= 4 is 5.91 Å². The molecule has 1 rings (SSSR count). The van der Waals surface area contributed by atoms with Gasteiger partial charge in [0.2, 0.25) is 5.91 Å². The molecule has 1 N–H and O–H groups in total. The quantitative estimate of drug-likeness (QED) is 0.737. The van der Waals surface area contributed by atoms with Gasteiger partial charge >= 0.3 is 0 Å². The van der Waals surface area contributed by atoms with Crippen molar-refractivity contribution in [3.05, 3.63) is 35.9 Å². The van der Waals surface area contributed by atoms with Gasteiger partial charge in [-0.15, -0.1) is 0 Å².